The van der Waals surface area contributed by atoms with Gasteiger partial charge in [-0.2, -0.15) is 0 Å². The zero-order chi connectivity index (χ0) is 14.8. The molecule has 2 aliphatic rings. The second kappa shape index (κ2) is 6.37. The van der Waals surface area contributed by atoms with E-state index >= 15 is 0 Å². The van der Waals surface area contributed by atoms with Gasteiger partial charge in [-0.1, -0.05) is 18.2 Å². The van der Waals surface area contributed by atoms with Gasteiger partial charge in [0.25, 0.3) is 0 Å². The van der Waals surface area contributed by atoms with Gasteiger partial charge in [0.05, 0.1) is 7.11 Å². The number of para-hydroxylation sites is 1. The number of likely N-dealkylation sites (tertiary alicyclic amines) is 1. The lowest BCUT2D eigenvalue weighted by molar-refractivity contribution is 0.146. The molecule has 1 aliphatic carbocycles. The molecule has 2 atom stereocenters. The minimum Gasteiger partial charge on any atom is -0.496 e. The Labute approximate surface area is 128 Å². The number of methoxy groups -OCH3 is 1. The maximum Gasteiger partial charge on any atom is 0.122 e. The monoisotopic (exact) mass is 288 g/mol. The van der Waals surface area contributed by atoms with Gasteiger partial charge in [0, 0.05) is 18.1 Å². The smallest absolute Gasteiger partial charge is 0.122 e. The van der Waals surface area contributed by atoms with Crippen molar-refractivity contribution in [3.05, 3.63) is 29.8 Å². The number of piperidine rings is 1. The van der Waals surface area contributed by atoms with Crippen molar-refractivity contribution in [2.45, 2.75) is 56.7 Å². The molecule has 3 nitrogen and oxygen atoms in total. The van der Waals surface area contributed by atoms with E-state index in [9.17, 15) is 0 Å². The van der Waals surface area contributed by atoms with Crippen molar-refractivity contribution in [3.63, 3.8) is 0 Å². The average molecular weight is 288 g/mol. The molecular formula is C18H28N2O. The first-order valence-corrected chi connectivity index (χ1v) is 8.26. The van der Waals surface area contributed by atoms with Crippen LogP contribution in [0.3, 0.4) is 0 Å². The third-order valence-corrected chi connectivity index (χ3v) is 5.40. The number of nitrogens with zero attached hydrogens (tertiary/aromatic N) is 1. The van der Waals surface area contributed by atoms with E-state index in [1.165, 1.54) is 37.8 Å². The molecule has 3 heteroatoms. The van der Waals surface area contributed by atoms with Crippen LogP contribution in [-0.4, -0.2) is 43.7 Å². The summed E-state index contributed by atoms with van der Waals surface area (Å²) < 4.78 is 5.49. The van der Waals surface area contributed by atoms with E-state index in [0.717, 1.165) is 5.75 Å². The van der Waals surface area contributed by atoms with Crippen LogP contribution in [0, 0.1) is 0 Å². The highest BCUT2D eigenvalue weighted by Gasteiger charge is 2.34. The van der Waals surface area contributed by atoms with Gasteiger partial charge in [-0.25, -0.2) is 0 Å². The summed E-state index contributed by atoms with van der Waals surface area (Å²) >= 11 is 0. The molecule has 1 aromatic carbocycles. The van der Waals surface area contributed by atoms with Crippen molar-refractivity contribution in [3.8, 4) is 5.75 Å². The molecule has 0 amide bonds. The highest BCUT2D eigenvalue weighted by molar-refractivity contribution is 5.37. The molecule has 116 valence electrons. The van der Waals surface area contributed by atoms with Crippen LogP contribution >= 0.6 is 0 Å². The Morgan fingerprint density at radius 2 is 1.90 bits per heavy atom. The molecule has 1 saturated heterocycles. The highest BCUT2D eigenvalue weighted by Crippen LogP contribution is 2.41. The van der Waals surface area contributed by atoms with E-state index in [1.54, 1.807) is 7.11 Å². The van der Waals surface area contributed by atoms with Gasteiger partial charge in [-0.3, -0.25) is 0 Å². The Hall–Kier alpha value is -1.06. The Morgan fingerprint density at radius 3 is 2.62 bits per heavy atom. The van der Waals surface area contributed by atoms with Gasteiger partial charge >= 0.3 is 0 Å². The first-order chi connectivity index (χ1) is 10.2. The zero-order valence-corrected chi connectivity index (χ0v) is 13.5. The van der Waals surface area contributed by atoms with Gasteiger partial charge < -0.3 is 15.0 Å². The number of benzene rings is 1. The van der Waals surface area contributed by atoms with Gasteiger partial charge in [0.2, 0.25) is 0 Å². The number of rotatable bonds is 4. The number of nitrogens with one attached hydrogen (secondary N) is 1. The molecule has 1 aromatic rings. The van der Waals surface area contributed by atoms with Crippen molar-refractivity contribution in [2.24, 2.45) is 0 Å². The fraction of sp³-hybridized carbons (Fsp3) is 0.667. The first-order valence-electron chi connectivity index (χ1n) is 8.26. The fourth-order valence-electron chi connectivity index (χ4n) is 3.79. The number of ether oxygens (including phenoxy) is 1. The lowest BCUT2D eigenvalue weighted by atomic mass is 9.75. The maximum absolute atomic E-state index is 5.49. The molecule has 0 spiro atoms. The standard InChI is InChI=1S/C18H28N2O/c1-13-10-15(8-9-20(13)2)19-16-11-14(12-16)17-6-4-5-7-18(17)21-3/h4-7,13-16,19H,8-12H2,1-3H3. The van der Waals surface area contributed by atoms with Gasteiger partial charge in [-0.05, 0) is 63.7 Å². The largest absolute Gasteiger partial charge is 0.496 e. The van der Waals surface area contributed by atoms with E-state index in [1.807, 2.05) is 0 Å². The molecule has 1 saturated carbocycles. The van der Waals surface area contributed by atoms with E-state index in [0.29, 0.717) is 24.0 Å². The van der Waals surface area contributed by atoms with Gasteiger partial charge in [0.15, 0.2) is 0 Å². The minimum absolute atomic E-state index is 0.669. The quantitative estimate of drug-likeness (QED) is 0.922. The Morgan fingerprint density at radius 1 is 1.14 bits per heavy atom. The molecule has 0 radical (unpaired) electrons. The van der Waals surface area contributed by atoms with Crippen molar-refractivity contribution in [2.75, 3.05) is 20.7 Å². The normalized spacial score (nSPS) is 33.5. The first kappa shape index (κ1) is 14.9. The Bertz CT molecular complexity index is 470. The number of hydrogen-bond donors (Lipinski definition) is 1. The SMILES string of the molecule is COc1ccccc1C1CC(NC2CCN(C)C(C)C2)C1. The third-order valence-electron chi connectivity index (χ3n) is 5.40. The van der Waals surface area contributed by atoms with E-state index in [-0.39, 0.29) is 0 Å². The molecule has 2 unspecified atom stereocenters. The van der Waals surface area contributed by atoms with Crippen LogP contribution in [0.25, 0.3) is 0 Å². The molecule has 1 heterocycles. The summed E-state index contributed by atoms with van der Waals surface area (Å²) in [6, 6.07) is 10.6. The zero-order valence-electron chi connectivity index (χ0n) is 13.5. The summed E-state index contributed by atoms with van der Waals surface area (Å²) in [5, 5.41) is 3.88. The van der Waals surface area contributed by atoms with E-state index < -0.39 is 0 Å². The van der Waals surface area contributed by atoms with Crippen molar-refractivity contribution in [1.82, 2.24) is 10.2 Å². The summed E-state index contributed by atoms with van der Waals surface area (Å²) in [6.45, 7) is 3.56. The molecule has 2 fully saturated rings. The van der Waals surface area contributed by atoms with E-state index in [4.69, 9.17) is 4.74 Å². The van der Waals surface area contributed by atoms with Gasteiger partial charge in [-0.15, -0.1) is 0 Å². The predicted octanol–water partition coefficient (Wildman–Crippen LogP) is 3.01. The lowest BCUT2D eigenvalue weighted by Crippen LogP contribution is -2.51. The van der Waals surface area contributed by atoms with E-state index in [2.05, 4.69) is 48.5 Å². The Kier molecular flexibility index (Phi) is 4.51. The molecule has 0 aromatic heterocycles. The summed E-state index contributed by atoms with van der Waals surface area (Å²) in [5.41, 5.74) is 1.38. The summed E-state index contributed by atoms with van der Waals surface area (Å²) in [6.07, 6.45) is 5.07. The second-order valence-electron chi connectivity index (χ2n) is 6.82. The van der Waals surface area contributed by atoms with Crippen molar-refractivity contribution in [1.29, 1.82) is 0 Å². The summed E-state index contributed by atoms with van der Waals surface area (Å²) in [7, 11) is 4.01. The minimum atomic E-state index is 0.669. The van der Waals surface area contributed by atoms with Crippen LogP contribution in [0.1, 0.15) is 44.1 Å². The van der Waals surface area contributed by atoms with Crippen LogP contribution < -0.4 is 10.1 Å². The molecule has 3 rings (SSSR count). The topological polar surface area (TPSA) is 24.5 Å². The van der Waals surface area contributed by atoms with Crippen LogP contribution in [0.2, 0.25) is 0 Å². The average Bonchev–Trinajstić information content (AvgIpc) is 2.46. The van der Waals surface area contributed by atoms with Crippen LogP contribution in [0.5, 0.6) is 5.75 Å². The second-order valence-corrected chi connectivity index (χ2v) is 6.82. The predicted molar refractivity (Wildman–Crippen MR) is 87.0 cm³/mol. The molecule has 1 aliphatic heterocycles. The van der Waals surface area contributed by atoms with Crippen molar-refractivity contribution >= 4 is 0 Å². The molecular weight excluding hydrogens is 260 g/mol. The molecule has 0 bridgehead atoms. The van der Waals surface area contributed by atoms with Crippen molar-refractivity contribution < 1.29 is 4.74 Å². The number of hydrogen-bond acceptors (Lipinski definition) is 3. The summed E-state index contributed by atoms with van der Waals surface area (Å²) in [5.74, 6) is 1.72. The molecule has 21 heavy (non-hydrogen) atoms. The van der Waals surface area contributed by atoms with Crippen LogP contribution in [0.4, 0.5) is 0 Å². The lowest BCUT2D eigenvalue weighted by Gasteiger charge is -2.42. The maximum atomic E-state index is 5.49. The molecule has 1 N–H and O–H groups in total. The van der Waals surface area contributed by atoms with Gasteiger partial charge in [0.1, 0.15) is 5.75 Å². The fourth-order valence-corrected chi connectivity index (χ4v) is 3.79. The Balaban J connectivity index is 1.50. The summed E-state index contributed by atoms with van der Waals surface area (Å²) in [4.78, 5) is 2.47. The van der Waals surface area contributed by atoms with Crippen LogP contribution in [0.15, 0.2) is 24.3 Å². The highest BCUT2D eigenvalue weighted by atomic mass is 16.5. The third kappa shape index (κ3) is 3.24. The van der Waals surface area contributed by atoms with Crippen LogP contribution in [-0.2, 0) is 0 Å².